The lowest BCUT2D eigenvalue weighted by Crippen LogP contribution is -2.57. The lowest BCUT2D eigenvalue weighted by Gasteiger charge is -2.32. The van der Waals surface area contributed by atoms with E-state index in [0.29, 0.717) is 0 Å². The first-order valence-electron chi connectivity index (χ1n) is 5.93. The molecule has 0 rings (SSSR count). The highest BCUT2D eigenvalue weighted by Gasteiger charge is 2.52. The predicted molar refractivity (Wildman–Crippen MR) is 62.2 cm³/mol. The van der Waals surface area contributed by atoms with Crippen molar-refractivity contribution in [2.45, 2.75) is 39.6 Å². The van der Waals surface area contributed by atoms with Crippen LogP contribution in [0.2, 0.25) is 0 Å². The molecule has 0 aromatic heterocycles. The third-order valence-electron chi connectivity index (χ3n) is 2.05. The van der Waals surface area contributed by atoms with Crippen molar-refractivity contribution in [3.05, 3.63) is 0 Å². The van der Waals surface area contributed by atoms with Crippen LogP contribution in [0.4, 0.5) is 13.2 Å². The number of carbonyl (C=O) groups excluding carboxylic acids is 1. The summed E-state index contributed by atoms with van der Waals surface area (Å²) in [4.78, 5) is 10.8. The van der Waals surface area contributed by atoms with Gasteiger partial charge in [0, 0.05) is 19.8 Å². The molecule has 0 aliphatic carbocycles. The Morgan fingerprint density at radius 1 is 1.05 bits per heavy atom. The normalized spacial score (nSPS) is 14.3. The number of carbonyl (C=O) groups is 1. The predicted octanol–water partition coefficient (Wildman–Crippen LogP) is 2.07. The van der Waals surface area contributed by atoms with E-state index in [0.717, 1.165) is 0 Å². The fraction of sp³-hybridized carbons (Fsp3) is 0.900. The van der Waals surface area contributed by atoms with Gasteiger partial charge in [-0.2, -0.15) is 13.2 Å². The molecule has 0 aliphatic rings. The molecular formula is C10H19F3O5Si. The zero-order chi connectivity index (χ0) is 15.1. The van der Waals surface area contributed by atoms with Crippen LogP contribution >= 0.6 is 0 Å². The van der Waals surface area contributed by atoms with Gasteiger partial charge in [0.2, 0.25) is 0 Å². The molecule has 0 aliphatic heterocycles. The summed E-state index contributed by atoms with van der Waals surface area (Å²) in [6, 6.07) is 0. The van der Waals surface area contributed by atoms with E-state index < -0.39 is 26.7 Å². The van der Waals surface area contributed by atoms with Crippen molar-refractivity contribution < 1.29 is 36.0 Å². The summed E-state index contributed by atoms with van der Waals surface area (Å²) < 4.78 is 56.9. The molecule has 5 nitrogen and oxygen atoms in total. The van der Waals surface area contributed by atoms with E-state index in [1.165, 1.54) is 6.92 Å². The van der Waals surface area contributed by atoms with E-state index in [-0.39, 0.29) is 19.8 Å². The third kappa shape index (κ3) is 5.47. The molecule has 0 heterocycles. The van der Waals surface area contributed by atoms with Crippen LogP contribution < -0.4 is 0 Å². The zero-order valence-corrected chi connectivity index (χ0v) is 12.4. The van der Waals surface area contributed by atoms with Gasteiger partial charge in [0.1, 0.15) is 0 Å². The van der Waals surface area contributed by atoms with Gasteiger partial charge in [0.15, 0.2) is 5.73 Å². The van der Waals surface area contributed by atoms with Crippen molar-refractivity contribution in [3.8, 4) is 0 Å². The minimum Gasteiger partial charge on any atom is -0.451 e. The summed E-state index contributed by atoms with van der Waals surface area (Å²) >= 11 is 0. The van der Waals surface area contributed by atoms with Crippen LogP contribution in [-0.2, 0) is 22.8 Å². The number of rotatable bonds is 8. The van der Waals surface area contributed by atoms with Gasteiger partial charge in [-0.15, -0.1) is 0 Å². The second-order valence-corrected chi connectivity index (χ2v) is 6.33. The van der Waals surface area contributed by atoms with E-state index in [9.17, 15) is 18.0 Å². The van der Waals surface area contributed by atoms with Crippen LogP contribution in [0.25, 0.3) is 0 Å². The standard InChI is InChI=1S/C10H19F3O5Si/c1-5-15-19(16-6-2,17-7-3)8(4)18-9(14)10(11,12)13/h8H,5-7H2,1-4H3. The molecule has 19 heavy (non-hydrogen) atoms. The summed E-state index contributed by atoms with van der Waals surface area (Å²) in [5, 5.41) is 0. The minimum atomic E-state index is -5.06. The van der Waals surface area contributed by atoms with Crippen LogP contribution in [0.5, 0.6) is 0 Å². The Balaban J connectivity index is 4.97. The van der Waals surface area contributed by atoms with Gasteiger partial charge in [0.05, 0.1) is 0 Å². The van der Waals surface area contributed by atoms with E-state index in [1.807, 2.05) is 0 Å². The second-order valence-electron chi connectivity index (χ2n) is 3.45. The van der Waals surface area contributed by atoms with Crippen molar-refractivity contribution in [1.29, 1.82) is 0 Å². The quantitative estimate of drug-likeness (QED) is 0.507. The van der Waals surface area contributed by atoms with Crippen molar-refractivity contribution in [1.82, 2.24) is 0 Å². The Morgan fingerprint density at radius 2 is 1.42 bits per heavy atom. The first-order chi connectivity index (χ1) is 8.73. The van der Waals surface area contributed by atoms with Gasteiger partial charge in [-0.1, -0.05) is 0 Å². The number of esters is 1. The van der Waals surface area contributed by atoms with Crippen LogP contribution in [0.3, 0.4) is 0 Å². The first kappa shape index (κ1) is 18.4. The van der Waals surface area contributed by atoms with Crippen molar-refractivity contribution in [2.75, 3.05) is 19.8 Å². The molecule has 0 amide bonds. The zero-order valence-electron chi connectivity index (χ0n) is 11.4. The van der Waals surface area contributed by atoms with Crippen molar-refractivity contribution in [2.24, 2.45) is 0 Å². The van der Waals surface area contributed by atoms with E-state index in [2.05, 4.69) is 4.74 Å². The Bertz CT molecular complexity index is 268. The molecule has 0 fully saturated rings. The maximum Gasteiger partial charge on any atom is 0.543 e. The fourth-order valence-corrected chi connectivity index (χ4v) is 3.79. The molecule has 0 aromatic rings. The van der Waals surface area contributed by atoms with E-state index in [1.54, 1.807) is 20.8 Å². The molecule has 1 atom stereocenters. The monoisotopic (exact) mass is 304 g/mol. The van der Waals surface area contributed by atoms with Gasteiger partial charge < -0.3 is 18.0 Å². The summed E-state index contributed by atoms with van der Waals surface area (Å²) in [6.45, 7) is 6.77. The van der Waals surface area contributed by atoms with E-state index in [4.69, 9.17) is 13.3 Å². The van der Waals surface area contributed by atoms with Gasteiger partial charge >= 0.3 is 21.0 Å². The highest BCUT2D eigenvalue weighted by Crippen LogP contribution is 2.23. The molecule has 0 aromatic carbocycles. The Morgan fingerprint density at radius 3 is 1.68 bits per heavy atom. The van der Waals surface area contributed by atoms with Gasteiger partial charge in [-0.05, 0) is 27.7 Å². The highest BCUT2D eigenvalue weighted by molar-refractivity contribution is 6.62. The van der Waals surface area contributed by atoms with Gasteiger partial charge in [0.25, 0.3) is 0 Å². The molecule has 0 N–H and O–H groups in total. The Hall–Kier alpha value is -0.643. The Labute approximate surface area is 111 Å². The van der Waals surface area contributed by atoms with Crippen LogP contribution in [-0.4, -0.2) is 46.5 Å². The lowest BCUT2D eigenvalue weighted by atomic mass is 10.6. The maximum absolute atomic E-state index is 12.2. The third-order valence-corrected chi connectivity index (χ3v) is 5.24. The molecule has 0 spiro atoms. The number of halogens is 3. The average molecular weight is 304 g/mol. The van der Waals surface area contributed by atoms with Crippen molar-refractivity contribution in [3.63, 3.8) is 0 Å². The van der Waals surface area contributed by atoms with Crippen LogP contribution in [0.15, 0.2) is 0 Å². The van der Waals surface area contributed by atoms with Gasteiger partial charge in [-0.3, -0.25) is 0 Å². The smallest absolute Gasteiger partial charge is 0.451 e. The molecule has 1 unspecified atom stereocenters. The minimum absolute atomic E-state index is 0.181. The molecular weight excluding hydrogens is 285 g/mol. The van der Waals surface area contributed by atoms with Crippen LogP contribution in [0, 0.1) is 0 Å². The maximum atomic E-state index is 12.2. The fourth-order valence-electron chi connectivity index (χ4n) is 1.38. The first-order valence-corrected chi connectivity index (χ1v) is 7.73. The summed E-state index contributed by atoms with van der Waals surface area (Å²) in [6.07, 6.45) is -5.06. The molecule has 0 radical (unpaired) electrons. The topological polar surface area (TPSA) is 54.0 Å². The van der Waals surface area contributed by atoms with Crippen LogP contribution in [0.1, 0.15) is 27.7 Å². The molecule has 0 bridgehead atoms. The summed E-state index contributed by atoms with van der Waals surface area (Å²) in [7, 11) is -3.48. The molecule has 9 heteroatoms. The van der Waals surface area contributed by atoms with Gasteiger partial charge in [-0.25, -0.2) is 4.79 Å². The summed E-state index contributed by atoms with van der Waals surface area (Å²) in [5.41, 5.74) is -1.23. The van der Waals surface area contributed by atoms with Crippen molar-refractivity contribution >= 4 is 14.8 Å². The largest absolute Gasteiger partial charge is 0.543 e. The molecule has 0 saturated heterocycles. The highest BCUT2D eigenvalue weighted by atomic mass is 28.4. The Kier molecular flexibility index (Phi) is 7.56. The number of alkyl halides is 3. The number of ether oxygens (including phenoxy) is 1. The SMILES string of the molecule is CCO[Si](OCC)(OCC)C(C)OC(=O)C(F)(F)F. The average Bonchev–Trinajstić information content (AvgIpc) is 2.28. The van der Waals surface area contributed by atoms with E-state index >= 15 is 0 Å². The number of hydrogen-bond acceptors (Lipinski definition) is 5. The molecule has 0 saturated carbocycles. The molecule has 114 valence electrons. The number of hydrogen-bond donors (Lipinski definition) is 0. The summed E-state index contributed by atoms with van der Waals surface area (Å²) in [5.74, 6) is -2.28. The second kappa shape index (κ2) is 7.83. The lowest BCUT2D eigenvalue weighted by molar-refractivity contribution is -0.203.